The van der Waals surface area contributed by atoms with Crippen LogP contribution in [0.15, 0.2) is 41.8 Å². The first-order chi connectivity index (χ1) is 18.1. The van der Waals surface area contributed by atoms with Gasteiger partial charge < -0.3 is 24.4 Å². The molecule has 1 aromatic carbocycles. The average Bonchev–Trinajstić information content (AvgIpc) is 3.58. The monoisotopic (exact) mass is 521 g/mol. The van der Waals surface area contributed by atoms with Crippen LogP contribution in [0.1, 0.15) is 24.8 Å². The highest BCUT2D eigenvalue weighted by atomic mass is 32.1. The largest absolute Gasteiger partial charge is 0.493 e. The van der Waals surface area contributed by atoms with Crippen LogP contribution in [0.3, 0.4) is 0 Å². The summed E-state index contributed by atoms with van der Waals surface area (Å²) in [6.07, 6.45) is 4.13. The van der Waals surface area contributed by atoms with Gasteiger partial charge in [-0.1, -0.05) is 12.1 Å². The summed E-state index contributed by atoms with van der Waals surface area (Å²) in [6.45, 7) is 2.24. The molecule has 0 unspecified atom stereocenters. The lowest BCUT2D eigenvalue weighted by molar-refractivity contribution is 0.295. The van der Waals surface area contributed by atoms with Crippen LogP contribution in [0.25, 0.3) is 10.6 Å². The van der Waals surface area contributed by atoms with Gasteiger partial charge in [0.05, 0.1) is 31.4 Å². The van der Waals surface area contributed by atoms with E-state index < -0.39 is 0 Å². The summed E-state index contributed by atoms with van der Waals surface area (Å²) < 4.78 is 18.6. The zero-order valence-corrected chi connectivity index (χ0v) is 22.1. The van der Waals surface area contributed by atoms with Gasteiger partial charge in [0.2, 0.25) is 11.9 Å². The predicted octanol–water partition coefficient (Wildman–Crippen LogP) is 4.71. The zero-order valence-electron chi connectivity index (χ0n) is 21.3. The number of methoxy groups -OCH3 is 2. The van der Waals surface area contributed by atoms with E-state index in [1.54, 1.807) is 25.6 Å². The highest BCUT2D eigenvalue weighted by Gasteiger charge is 2.18. The number of hydrogen-bond donors (Lipinski definition) is 1. The van der Waals surface area contributed by atoms with Crippen molar-refractivity contribution in [1.29, 1.82) is 0 Å². The van der Waals surface area contributed by atoms with Crippen molar-refractivity contribution in [1.82, 2.24) is 24.7 Å². The number of aryl methyl sites for hydroxylation is 1. The van der Waals surface area contributed by atoms with Crippen LogP contribution < -0.4 is 24.4 Å². The Labute approximate surface area is 220 Å². The quantitative estimate of drug-likeness (QED) is 0.318. The van der Waals surface area contributed by atoms with Gasteiger partial charge in [0, 0.05) is 32.6 Å². The molecule has 1 aliphatic rings. The first-order valence-corrected chi connectivity index (χ1v) is 13.2. The van der Waals surface area contributed by atoms with E-state index in [2.05, 4.69) is 36.7 Å². The lowest BCUT2D eigenvalue weighted by Gasteiger charge is -2.26. The summed E-state index contributed by atoms with van der Waals surface area (Å²) in [7, 11) is 5.18. The molecule has 0 saturated carbocycles. The number of nitrogens with one attached hydrogen (secondary N) is 1. The molecule has 1 fully saturated rings. The van der Waals surface area contributed by atoms with Gasteiger partial charge in [0.1, 0.15) is 0 Å². The molecule has 37 heavy (non-hydrogen) atoms. The van der Waals surface area contributed by atoms with E-state index in [4.69, 9.17) is 19.2 Å². The van der Waals surface area contributed by atoms with Crippen LogP contribution in [-0.2, 0) is 13.5 Å². The fraction of sp³-hybridized carbons (Fsp3) is 0.385. The van der Waals surface area contributed by atoms with Crippen molar-refractivity contribution in [2.24, 2.45) is 7.05 Å². The van der Waals surface area contributed by atoms with Gasteiger partial charge in [-0.3, -0.25) is 4.68 Å². The van der Waals surface area contributed by atoms with E-state index >= 15 is 0 Å². The van der Waals surface area contributed by atoms with Crippen molar-refractivity contribution in [3.05, 3.63) is 47.3 Å². The van der Waals surface area contributed by atoms with Gasteiger partial charge >= 0.3 is 6.01 Å². The van der Waals surface area contributed by atoms with Gasteiger partial charge in [-0.15, -0.1) is 11.3 Å². The van der Waals surface area contributed by atoms with Crippen molar-refractivity contribution in [3.8, 4) is 28.1 Å². The number of nitrogens with zero attached hydrogens (tertiary/aromatic N) is 6. The van der Waals surface area contributed by atoms with E-state index in [-0.39, 0.29) is 6.01 Å². The van der Waals surface area contributed by atoms with Gasteiger partial charge in [-0.2, -0.15) is 20.1 Å². The van der Waals surface area contributed by atoms with Crippen molar-refractivity contribution in [2.75, 3.05) is 44.1 Å². The number of rotatable bonds is 10. The van der Waals surface area contributed by atoms with Crippen LogP contribution in [-0.4, -0.2) is 58.6 Å². The Morgan fingerprint density at radius 3 is 2.57 bits per heavy atom. The van der Waals surface area contributed by atoms with E-state index in [9.17, 15) is 0 Å². The number of hydrogen-bond acceptors (Lipinski definition) is 10. The lowest BCUT2D eigenvalue weighted by atomic mass is 10.1. The minimum atomic E-state index is 0.285. The Bertz CT molecular complexity index is 1320. The molecule has 0 atom stereocenters. The molecule has 194 valence electrons. The summed E-state index contributed by atoms with van der Waals surface area (Å²) in [5, 5.41) is 9.91. The second kappa shape index (κ2) is 11.5. The molecule has 4 heterocycles. The Hall–Kier alpha value is -3.86. The Balaban J connectivity index is 1.33. The number of aromatic nitrogens is 5. The molecule has 0 radical (unpaired) electrons. The maximum Gasteiger partial charge on any atom is 0.323 e. The Morgan fingerprint density at radius 1 is 0.973 bits per heavy atom. The van der Waals surface area contributed by atoms with E-state index in [1.807, 2.05) is 42.1 Å². The van der Waals surface area contributed by atoms with Crippen LogP contribution in [0.5, 0.6) is 17.5 Å². The average molecular weight is 522 g/mol. The molecular formula is C26H31N7O3S. The first kappa shape index (κ1) is 24.8. The second-order valence-corrected chi connectivity index (χ2v) is 9.67. The molecule has 4 aromatic rings. The third-order valence-electron chi connectivity index (χ3n) is 6.21. The maximum absolute atomic E-state index is 6.01. The fourth-order valence-corrected chi connectivity index (χ4v) is 5.07. The topological polar surface area (TPSA) is 99.5 Å². The molecule has 5 rings (SSSR count). The summed E-state index contributed by atoms with van der Waals surface area (Å²) in [6, 6.07) is 12.2. The second-order valence-electron chi connectivity index (χ2n) is 8.72. The molecular weight excluding hydrogens is 490 g/mol. The van der Waals surface area contributed by atoms with Crippen LogP contribution in [0.4, 0.5) is 17.7 Å². The van der Waals surface area contributed by atoms with Gasteiger partial charge in [0.15, 0.2) is 17.3 Å². The minimum absolute atomic E-state index is 0.285. The zero-order chi connectivity index (χ0) is 25.6. The van der Waals surface area contributed by atoms with Crippen LogP contribution in [0.2, 0.25) is 0 Å². The van der Waals surface area contributed by atoms with E-state index in [0.29, 0.717) is 42.2 Å². The summed E-state index contributed by atoms with van der Waals surface area (Å²) in [5.74, 6) is 3.08. The molecule has 11 heteroatoms. The normalized spacial score (nSPS) is 13.4. The SMILES string of the molecule is COc1ccc(CCOc2nc(Nc3cc(-c4cccs4)n(C)n3)nc(N3CCCCC3)n2)cc1OC. The summed E-state index contributed by atoms with van der Waals surface area (Å²) in [5.41, 5.74) is 2.09. The predicted molar refractivity (Wildman–Crippen MR) is 144 cm³/mol. The number of ether oxygens (including phenoxy) is 3. The van der Waals surface area contributed by atoms with Gasteiger partial charge in [-0.05, 0) is 48.4 Å². The lowest BCUT2D eigenvalue weighted by Crippen LogP contribution is -2.31. The third-order valence-corrected chi connectivity index (χ3v) is 7.10. The minimum Gasteiger partial charge on any atom is -0.493 e. The standard InChI is InChI=1S/C26H31N7O3S/c1-32-19(22-8-7-15-37-22)17-23(31-32)27-24-28-25(33-12-5-4-6-13-33)30-26(29-24)36-14-11-18-9-10-20(34-2)21(16-18)35-3/h7-10,15-17H,4-6,11-14H2,1-3H3,(H,27,28,29,30,31). The number of piperidine rings is 1. The van der Waals surface area contributed by atoms with Crippen LogP contribution >= 0.6 is 11.3 Å². The number of anilines is 3. The molecule has 1 saturated heterocycles. The molecule has 10 nitrogen and oxygen atoms in total. The molecule has 1 N–H and O–H groups in total. The summed E-state index contributed by atoms with van der Waals surface area (Å²) >= 11 is 1.67. The first-order valence-electron chi connectivity index (χ1n) is 12.3. The number of thiophene rings is 1. The van der Waals surface area contributed by atoms with Crippen molar-refractivity contribution in [3.63, 3.8) is 0 Å². The molecule has 0 aliphatic carbocycles. The highest BCUT2D eigenvalue weighted by molar-refractivity contribution is 7.13. The highest BCUT2D eigenvalue weighted by Crippen LogP contribution is 2.29. The fourth-order valence-electron chi connectivity index (χ4n) is 4.30. The van der Waals surface area contributed by atoms with Crippen LogP contribution in [0, 0.1) is 0 Å². The molecule has 0 spiro atoms. The Morgan fingerprint density at radius 2 is 1.81 bits per heavy atom. The molecule has 3 aromatic heterocycles. The van der Waals surface area contributed by atoms with Gasteiger partial charge in [0.25, 0.3) is 0 Å². The van der Waals surface area contributed by atoms with Crippen molar-refractivity contribution in [2.45, 2.75) is 25.7 Å². The Kier molecular flexibility index (Phi) is 7.69. The van der Waals surface area contributed by atoms with E-state index in [0.717, 1.165) is 42.1 Å². The smallest absolute Gasteiger partial charge is 0.323 e. The molecule has 0 bridgehead atoms. The third kappa shape index (κ3) is 5.93. The van der Waals surface area contributed by atoms with Crippen molar-refractivity contribution >= 4 is 29.1 Å². The van der Waals surface area contributed by atoms with Gasteiger partial charge in [-0.25, -0.2) is 0 Å². The number of benzene rings is 1. The van der Waals surface area contributed by atoms with E-state index in [1.165, 1.54) is 6.42 Å². The molecule has 0 amide bonds. The molecule has 1 aliphatic heterocycles. The summed E-state index contributed by atoms with van der Waals surface area (Å²) in [4.78, 5) is 17.2. The van der Waals surface area contributed by atoms with Crippen molar-refractivity contribution < 1.29 is 14.2 Å². The maximum atomic E-state index is 6.01.